The Bertz CT molecular complexity index is 1680. The van der Waals surface area contributed by atoms with Crippen LogP contribution < -0.4 is 14.4 Å². The minimum Gasteiger partial charge on any atom is -0.497 e. The average molecular weight is 581 g/mol. The SMILES string of the molecule is COc1ccc(CN2c3ccc(Nc4cc(C5CCC(c6cc(C(C)(C)O)n[nH]6)C5)[nH]n4)c(F)c3CS2(=O)=O)cc1. The average Bonchev–Trinajstić information content (AvgIpc) is 3.72. The van der Waals surface area contributed by atoms with Gasteiger partial charge in [-0.25, -0.2) is 12.8 Å². The van der Waals surface area contributed by atoms with Gasteiger partial charge in [0.15, 0.2) is 11.6 Å². The number of rotatable bonds is 8. The number of halogens is 1. The lowest BCUT2D eigenvalue weighted by Crippen LogP contribution is -2.26. The minimum atomic E-state index is -3.72. The van der Waals surface area contributed by atoms with Crippen molar-refractivity contribution < 1.29 is 22.7 Å². The second kappa shape index (κ2) is 10.2. The van der Waals surface area contributed by atoms with Crippen LogP contribution in [0, 0.1) is 5.82 Å². The molecule has 41 heavy (non-hydrogen) atoms. The van der Waals surface area contributed by atoms with Crippen molar-refractivity contribution >= 4 is 27.2 Å². The standard InChI is InChI=1S/C29H33FN6O4S/c1-29(2,37)26-13-23(32-34-26)18-6-7-19(12-18)24-14-27(35-33-24)31-22-10-11-25-21(28(22)30)16-41(38,39)36(25)15-17-4-8-20(40-3)9-5-17/h4-5,8-11,13-14,18-19,37H,6-7,12,15-16H2,1-3H3,(H,32,34)(H2,31,33,35). The molecule has 6 rings (SSSR count). The van der Waals surface area contributed by atoms with Gasteiger partial charge in [0.05, 0.1) is 36.5 Å². The molecular formula is C29H33FN6O4S. The molecule has 0 spiro atoms. The van der Waals surface area contributed by atoms with Gasteiger partial charge in [0.25, 0.3) is 0 Å². The maximum atomic E-state index is 15.6. The lowest BCUT2D eigenvalue weighted by molar-refractivity contribution is 0.0738. The third kappa shape index (κ3) is 5.29. The van der Waals surface area contributed by atoms with Crippen LogP contribution in [0.3, 0.4) is 0 Å². The van der Waals surface area contributed by atoms with E-state index in [-0.39, 0.29) is 23.7 Å². The Balaban J connectivity index is 1.15. The fourth-order valence-electron chi connectivity index (χ4n) is 5.72. The smallest absolute Gasteiger partial charge is 0.239 e. The third-order valence-corrected chi connectivity index (χ3v) is 9.68. The highest BCUT2D eigenvalue weighted by molar-refractivity contribution is 7.92. The molecule has 10 nitrogen and oxygen atoms in total. The maximum Gasteiger partial charge on any atom is 0.239 e. The summed E-state index contributed by atoms with van der Waals surface area (Å²) < 4.78 is 48.0. The van der Waals surface area contributed by atoms with E-state index in [1.165, 1.54) is 4.31 Å². The van der Waals surface area contributed by atoms with Gasteiger partial charge in [-0.05, 0) is 69.0 Å². The summed E-state index contributed by atoms with van der Waals surface area (Å²) in [5, 5.41) is 28.0. The maximum absolute atomic E-state index is 15.6. The van der Waals surface area contributed by atoms with Crippen molar-refractivity contribution in [3.05, 3.63) is 82.6 Å². The zero-order valence-corrected chi connectivity index (χ0v) is 23.9. The summed E-state index contributed by atoms with van der Waals surface area (Å²) in [6.45, 7) is 3.53. The van der Waals surface area contributed by atoms with E-state index >= 15 is 4.39 Å². The molecule has 4 aromatic rings. The zero-order valence-electron chi connectivity index (χ0n) is 23.1. The number of benzene rings is 2. The number of H-pyrrole nitrogens is 2. The van der Waals surface area contributed by atoms with Gasteiger partial charge in [-0.15, -0.1) is 0 Å². The van der Waals surface area contributed by atoms with E-state index in [0.29, 0.717) is 28.9 Å². The molecule has 1 aliphatic heterocycles. The molecule has 0 bridgehead atoms. The minimum absolute atomic E-state index is 0.105. The summed E-state index contributed by atoms with van der Waals surface area (Å²) in [4.78, 5) is 0. The first-order chi connectivity index (χ1) is 19.5. The van der Waals surface area contributed by atoms with Crippen LogP contribution in [0.4, 0.5) is 21.6 Å². The van der Waals surface area contributed by atoms with Crippen molar-refractivity contribution in [1.82, 2.24) is 20.4 Å². The van der Waals surface area contributed by atoms with Crippen molar-refractivity contribution in [2.75, 3.05) is 16.7 Å². The number of fused-ring (bicyclic) bond motifs is 1. The predicted octanol–water partition coefficient (Wildman–Crippen LogP) is 5.15. The van der Waals surface area contributed by atoms with Crippen LogP contribution in [-0.4, -0.2) is 41.0 Å². The van der Waals surface area contributed by atoms with Crippen molar-refractivity contribution in [1.29, 1.82) is 0 Å². The molecule has 1 aliphatic carbocycles. The highest BCUT2D eigenvalue weighted by Crippen LogP contribution is 2.44. The van der Waals surface area contributed by atoms with Gasteiger partial charge in [0, 0.05) is 34.9 Å². The van der Waals surface area contributed by atoms with Crippen LogP contribution in [0.25, 0.3) is 0 Å². The molecule has 2 aromatic heterocycles. The van der Waals surface area contributed by atoms with Crippen LogP contribution >= 0.6 is 0 Å². The Hall–Kier alpha value is -3.90. The first-order valence-electron chi connectivity index (χ1n) is 13.6. The number of nitrogens with zero attached hydrogens (tertiary/aromatic N) is 3. The molecular weight excluding hydrogens is 547 g/mol. The number of ether oxygens (including phenoxy) is 1. The summed E-state index contributed by atoms with van der Waals surface area (Å²) in [6, 6.07) is 14.1. The summed E-state index contributed by atoms with van der Waals surface area (Å²) in [7, 11) is -2.16. The summed E-state index contributed by atoms with van der Waals surface area (Å²) in [5.74, 6) is 0.671. The number of hydrogen-bond acceptors (Lipinski definition) is 7. The van der Waals surface area contributed by atoms with Crippen LogP contribution in [0.2, 0.25) is 0 Å². The number of anilines is 3. The van der Waals surface area contributed by atoms with Crippen molar-refractivity contribution in [2.24, 2.45) is 0 Å². The normalized spacial score (nSPS) is 19.9. The van der Waals surface area contributed by atoms with E-state index in [1.807, 2.05) is 12.1 Å². The second-order valence-electron chi connectivity index (χ2n) is 11.3. The van der Waals surface area contributed by atoms with Crippen LogP contribution in [-0.2, 0) is 27.9 Å². The van der Waals surface area contributed by atoms with Crippen molar-refractivity contribution in [2.45, 2.75) is 62.8 Å². The number of aromatic nitrogens is 4. The Labute approximate surface area is 238 Å². The molecule has 2 aromatic carbocycles. The summed E-state index contributed by atoms with van der Waals surface area (Å²) in [5.41, 5.74) is 3.01. The van der Waals surface area contributed by atoms with Gasteiger partial charge in [0.2, 0.25) is 10.0 Å². The molecule has 2 aliphatic rings. The number of hydrogen-bond donors (Lipinski definition) is 4. The molecule has 216 valence electrons. The molecule has 0 radical (unpaired) electrons. The van der Waals surface area contributed by atoms with E-state index in [1.54, 1.807) is 57.4 Å². The molecule has 12 heteroatoms. The molecule has 3 heterocycles. The lowest BCUT2D eigenvalue weighted by atomic mass is 9.98. The Morgan fingerprint density at radius 1 is 1.07 bits per heavy atom. The molecule has 4 N–H and O–H groups in total. The summed E-state index contributed by atoms with van der Waals surface area (Å²) in [6.07, 6.45) is 2.82. The van der Waals surface area contributed by atoms with Gasteiger partial charge < -0.3 is 15.2 Å². The topological polar surface area (TPSA) is 136 Å². The van der Waals surface area contributed by atoms with E-state index in [4.69, 9.17) is 4.74 Å². The van der Waals surface area contributed by atoms with E-state index in [0.717, 1.165) is 36.2 Å². The van der Waals surface area contributed by atoms with E-state index in [2.05, 4.69) is 25.7 Å². The molecule has 2 unspecified atom stereocenters. The van der Waals surface area contributed by atoms with Gasteiger partial charge >= 0.3 is 0 Å². The highest BCUT2D eigenvalue weighted by Gasteiger charge is 2.36. The largest absolute Gasteiger partial charge is 0.497 e. The van der Waals surface area contributed by atoms with Gasteiger partial charge in [-0.1, -0.05) is 12.1 Å². The third-order valence-electron chi connectivity index (χ3n) is 8.03. The number of nitrogens with one attached hydrogen (secondary N) is 3. The second-order valence-corrected chi connectivity index (χ2v) is 13.2. The summed E-state index contributed by atoms with van der Waals surface area (Å²) >= 11 is 0. The quantitative estimate of drug-likeness (QED) is 0.226. The van der Waals surface area contributed by atoms with Gasteiger partial charge in [-0.2, -0.15) is 10.2 Å². The molecule has 0 amide bonds. The first-order valence-corrected chi connectivity index (χ1v) is 15.2. The Morgan fingerprint density at radius 3 is 2.41 bits per heavy atom. The van der Waals surface area contributed by atoms with Gasteiger partial charge in [-0.3, -0.25) is 14.5 Å². The monoisotopic (exact) mass is 580 g/mol. The zero-order chi connectivity index (χ0) is 28.9. The van der Waals surface area contributed by atoms with Crippen molar-refractivity contribution in [3.8, 4) is 5.75 Å². The Kier molecular flexibility index (Phi) is 6.77. The molecule has 1 fully saturated rings. The first kappa shape index (κ1) is 27.3. The van der Waals surface area contributed by atoms with Crippen LogP contribution in [0.1, 0.15) is 73.2 Å². The predicted molar refractivity (Wildman–Crippen MR) is 153 cm³/mol. The molecule has 0 saturated heterocycles. The van der Waals surface area contributed by atoms with Crippen LogP contribution in [0.5, 0.6) is 5.75 Å². The molecule has 1 saturated carbocycles. The molecule has 2 atom stereocenters. The van der Waals surface area contributed by atoms with Crippen LogP contribution in [0.15, 0.2) is 48.5 Å². The van der Waals surface area contributed by atoms with E-state index in [9.17, 15) is 13.5 Å². The van der Waals surface area contributed by atoms with E-state index < -0.39 is 27.2 Å². The number of sulfonamides is 1. The lowest BCUT2D eigenvalue weighted by Gasteiger charge is -2.19. The number of aromatic amines is 2. The fourth-order valence-corrected chi connectivity index (χ4v) is 7.33. The fraction of sp³-hybridized carbons (Fsp3) is 0.379. The van der Waals surface area contributed by atoms with Crippen molar-refractivity contribution in [3.63, 3.8) is 0 Å². The van der Waals surface area contributed by atoms with Gasteiger partial charge in [0.1, 0.15) is 11.4 Å². The highest BCUT2D eigenvalue weighted by atomic mass is 32.2. The number of aliphatic hydroxyl groups is 1. The Morgan fingerprint density at radius 2 is 1.76 bits per heavy atom. The number of methoxy groups -OCH3 is 1.